The van der Waals surface area contributed by atoms with E-state index >= 15 is 0 Å². The Kier molecular flexibility index (Phi) is 2.97. The number of anilines is 1. The summed E-state index contributed by atoms with van der Waals surface area (Å²) >= 11 is 0. The van der Waals surface area contributed by atoms with Crippen LogP contribution in [0.1, 0.15) is 19.4 Å². The summed E-state index contributed by atoms with van der Waals surface area (Å²) in [5, 5.41) is 0. The van der Waals surface area contributed by atoms with Crippen molar-refractivity contribution in [3.8, 4) is 5.75 Å². The van der Waals surface area contributed by atoms with Crippen LogP contribution in [0.4, 0.5) is 5.69 Å². The summed E-state index contributed by atoms with van der Waals surface area (Å²) in [6.45, 7) is 4.69. The van der Waals surface area contributed by atoms with E-state index in [-0.39, 0.29) is 0 Å². The first kappa shape index (κ1) is 11.5. The van der Waals surface area contributed by atoms with Crippen LogP contribution < -0.4 is 9.30 Å². The van der Waals surface area contributed by atoms with Crippen molar-refractivity contribution in [1.29, 1.82) is 0 Å². The van der Waals surface area contributed by atoms with Crippen LogP contribution in [0.3, 0.4) is 0 Å². The highest BCUT2D eigenvalue weighted by atomic mass is 28.3. The first-order chi connectivity index (χ1) is 7.66. The average Bonchev–Trinajstić information content (AvgIpc) is 2.62. The molecule has 0 radical (unpaired) electrons. The van der Waals surface area contributed by atoms with Gasteiger partial charge >= 0.3 is 0 Å². The van der Waals surface area contributed by atoms with Crippen LogP contribution in [0.5, 0.6) is 5.75 Å². The topological polar surface area (TPSA) is 12.5 Å². The lowest BCUT2D eigenvalue weighted by Gasteiger charge is -2.33. The van der Waals surface area contributed by atoms with Gasteiger partial charge in [0.05, 0.1) is 7.11 Å². The molecule has 0 fully saturated rings. The van der Waals surface area contributed by atoms with E-state index in [2.05, 4.69) is 43.7 Å². The second kappa shape index (κ2) is 4.13. The van der Waals surface area contributed by atoms with E-state index in [4.69, 9.17) is 4.74 Å². The quantitative estimate of drug-likeness (QED) is 0.746. The first-order valence-corrected chi connectivity index (χ1v) is 8.64. The molecule has 16 heavy (non-hydrogen) atoms. The minimum atomic E-state index is -1.25. The monoisotopic (exact) mass is 235 g/mol. The summed E-state index contributed by atoms with van der Waals surface area (Å²) in [7, 11) is 2.77. The number of fused-ring (bicyclic) bond motifs is 1. The maximum Gasteiger partial charge on any atom is 0.160 e. The van der Waals surface area contributed by atoms with Gasteiger partial charge in [0.2, 0.25) is 0 Å². The van der Waals surface area contributed by atoms with Gasteiger partial charge in [-0.25, -0.2) is 0 Å². The Hall–Kier alpha value is -0.963. The number of rotatable bonds is 3. The zero-order valence-electron chi connectivity index (χ0n) is 10.7. The van der Waals surface area contributed by atoms with Crippen molar-refractivity contribution in [3.05, 3.63) is 23.8 Å². The molecular formula is C13H21NOSi. The van der Waals surface area contributed by atoms with Gasteiger partial charge in [-0.15, -0.1) is 0 Å². The Balaban J connectivity index is 2.40. The molecule has 0 saturated carbocycles. The maximum atomic E-state index is 5.31. The predicted molar refractivity (Wildman–Crippen MR) is 71.8 cm³/mol. The molecule has 0 spiro atoms. The molecular weight excluding hydrogens is 214 g/mol. The van der Waals surface area contributed by atoms with Crippen molar-refractivity contribution < 1.29 is 4.74 Å². The molecule has 3 heteroatoms. The van der Waals surface area contributed by atoms with E-state index in [1.807, 2.05) is 0 Å². The number of hydrogen-bond donors (Lipinski definition) is 0. The van der Waals surface area contributed by atoms with Gasteiger partial charge in [-0.3, -0.25) is 0 Å². The fraction of sp³-hybridized carbons (Fsp3) is 0.538. The van der Waals surface area contributed by atoms with Crippen molar-refractivity contribution in [2.45, 2.75) is 32.0 Å². The Morgan fingerprint density at radius 1 is 1.31 bits per heavy atom. The molecule has 0 saturated heterocycles. The second-order valence-electron chi connectivity index (χ2n) is 4.66. The smallest absolute Gasteiger partial charge is 0.160 e. The largest absolute Gasteiger partial charge is 0.497 e. The van der Waals surface area contributed by atoms with Gasteiger partial charge < -0.3 is 9.30 Å². The summed E-state index contributed by atoms with van der Waals surface area (Å²) in [5.74, 6) is 0.990. The molecule has 88 valence electrons. The minimum Gasteiger partial charge on any atom is -0.497 e. The molecule has 2 rings (SSSR count). The standard InChI is InChI=1S/C13H21NOSi/c1-5-16(6-2)10-11-9-12(15-4)7-8-13(11)14(16)3/h7-9H,5-6,10H2,1-4H3. The molecule has 1 aromatic rings. The SMILES string of the molecule is CC[Si]1(CC)Cc2cc(OC)ccc2N1C. The van der Waals surface area contributed by atoms with Crippen LogP contribution >= 0.6 is 0 Å². The highest BCUT2D eigenvalue weighted by molar-refractivity contribution is 6.84. The van der Waals surface area contributed by atoms with Crippen molar-refractivity contribution in [2.75, 3.05) is 18.7 Å². The van der Waals surface area contributed by atoms with E-state index in [1.165, 1.54) is 29.4 Å². The van der Waals surface area contributed by atoms with Gasteiger partial charge in [0.25, 0.3) is 0 Å². The van der Waals surface area contributed by atoms with E-state index in [1.54, 1.807) is 7.11 Å². The van der Waals surface area contributed by atoms with Gasteiger partial charge in [-0.05, 0) is 48.9 Å². The van der Waals surface area contributed by atoms with E-state index in [0.29, 0.717) is 0 Å². The molecule has 1 aliphatic rings. The van der Waals surface area contributed by atoms with Crippen LogP contribution in [0.2, 0.25) is 12.1 Å². The van der Waals surface area contributed by atoms with Gasteiger partial charge in [-0.1, -0.05) is 13.8 Å². The molecule has 0 aliphatic carbocycles. The fourth-order valence-corrected chi connectivity index (χ4v) is 6.77. The normalized spacial score (nSPS) is 17.4. The maximum absolute atomic E-state index is 5.31. The summed E-state index contributed by atoms with van der Waals surface area (Å²) in [6.07, 6.45) is 0. The number of benzene rings is 1. The van der Waals surface area contributed by atoms with Crippen LogP contribution in [0.15, 0.2) is 18.2 Å². The molecule has 1 aliphatic heterocycles. The Labute approximate surface area is 99.3 Å². The third kappa shape index (κ3) is 1.54. The van der Waals surface area contributed by atoms with E-state index in [9.17, 15) is 0 Å². The average molecular weight is 235 g/mol. The van der Waals surface area contributed by atoms with Gasteiger partial charge in [0.15, 0.2) is 8.24 Å². The minimum absolute atomic E-state index is 0.990. The highest BCUT2D eigenvalue weighted by Gasteiger charge is 2.41. The first-order valence-electron chi connectivity index (χ1n) is 6.07. The van der Waals surface area contributed by atoms with Crippen LogP contribution in [-0.2, 0) is 6.04 Å². The Morgan fingerprint density at radius 3 is 2.56 bits per heavy atom. The number of ether oxygens (including phenoxy) is 1. The number of nitrogens with zero attached hydrogens (tertiary/aromatic N) is 1. The predicted octanol–water partition coefficient (Wildman–Crippen LogP) is 3.21. The molecule has 0 amide bonds. The summed E-state index contributed by atoms with van der Waals surface area (Å²) < 4.78 is 7.89. The van der Waals surface area contributed by atoms with Crippen LogP contribution in [0.25, 0.3) is 0 Å². The second-order valence-corrected chi connectivity index (χ2v) is 9.55. The molecule has 1 heterocycles. The van der Waals surface area contributed by atoms with Gasteiger partial charge in [0.1, 0.15) is 5.75 Å². The van der Waals surface area contributed by atoms with Crippen molar-refractivity contribution in [1.82, 2.24) is 0 Å². The third-order valence-electron chi connectivity index (χ3n) is 4.20. The third-order valence-corrected chi connectivity index (χ3v) is 9.53. The molecule has 0 unspecified atom stereocenters. The molecule has 0 aromatic heterocycles. The van der Waals surface area contributed by atoms with Crippen molar-refractivity contribution >= 4 is 13.9 Å². The summed E-state index contributed by atoms with van der Waals surface area (Å²) in [4.78, 5) is 0. The molecule has 0 atom stereocenters. The molecule has 1 aromatic carbocycles. The van der Waals surface area contributed by atoms with E-state index in [0.717, 1.165) is 5.75 Å². The number of hydrogen-bond acceptors (Lipinski definition) is 2. The fourth-order valence-electron chi connectivity index (χ4n) is 2.86. The molecule has 0 bridgehead atoms. The lowest BCUT2D eigenvalue weighted by Crippen LogP contribution is -2.48. The highest BCUT2D eigenvalue weighted by Crippen LogP contribution is 2.40. The van der Waals surface area contributed by atoms with Crippen molar-refractivity contribution in [2.24, 2.45) is 0 Å². The van der Waals surface area contributed by atoms with Gasteiger partial charge in [0, 0.05) is 5.69 Å². The van der Waals surface area contributed by atoms with Gasteiger partial charge in [-0.2, -0.15) is 0 Å². The lowest BCUT2D eigenvalue weighted by atomic mass is 10.2. The Morgan fingerprint density at radius 2 is 2.00 bits per heavy atom. The Bertz CT molecular complexity index is 388. The summed E-state index contributed by atoms with van der Waals surface area (Å²) in [6, 6.07) is 10.4. The van der Waals surface area contributed by atoms with Crippen LogP contribution in [-0.4, -0.2) is 22.4 Å². The zero-order chi connectivity index (χ0) is 11.8. The lowest BCUT2D eigenvalue weighted by molar-refractivity contribution is 0.414. The zero-order valence-corrected chi connectivity index (χ0v) is 11.7. The number of methoxy groups -OCH3 is 1. The van der Waals surface area contributed by atoms with Crippen LogP contribution in [0, 0.1) is 0 Å². The molecule has 0 N–H and O–H groups in total. The van der Waals surface area contributed by atoms with Crippen molar-refractivity contribution in [3.63, 3.8) is 0 Å². The summed E-state index contributed by atoms with van der Waals surface area (Å²) in [5.41, 5.74) is 2.91. The van der Waals surface area contributed by atoms with E-state index < -0.39 is 8.24 Å². The molecule has 2 nitrogen and oxygen atoms in total.